The van der Waals surface area contributed by atoms with Crippen LogP contribution in [0.15, 0.2) is 143 Å². The number of hydrogen-bond acceptors (Lipinski definition) is 11. The van der Waals surface area contributed by atoms with E-state index in [-0.39, 0.29) is 49.7 Å². The summed E-state index contributed by atoms with van der Waals surface area (Å²) < 4.78 is 60.9. The van der Waals surface area contributed by atoms with E-state index in [9.17, 15) is 22.8 Å². The molecular weight excluding hydrogens is 701 g/mol. The predicted molar refractivity (Wildman–Crippen MR) is 191 cm³/mol. The Labute approximate surface area is 303 Å². The van der Waals surface area contributed by atoms with Crippen molar-refractivity contribution in [2.45, 2.75) is 9.79 Å². The molecule has 0 saturated heterocycles. The van der Waals surface area contributed by atoms with Crippen LogP contribution in [0, 0.1) is 0 Å². The van der Waals surface area contributed by atoms with Gasteiger partial charge in [-0.1, -0.05) is 0 Å². The lowest BCUT2D eigenvalue weighted by Gasteiger charge is -2.13. The fourth-order valence-corrected chi connectivity index (χ4v) is 6.68. The van der Waals surface area contributed by atoms with Gasteiger partial charge in [0.2, 0.25) is 9.84 Å². The lowest BCUT2D eigenvalue weighted by Crippen LogP contribution is -2.03. The van der Waals surface area contributed by atoms with Gasteiger partial charge in [-0.05, 0) is 121 Å². The first-order valence-electron chi connectivity index (χ1n) is 16.0. The number of ether oxygens (including phenoxy) is 6. The van der Waals surface area contributed by atoms with E-state index >= 15 is 0 Å². The largest absolute Gasteiger partial charge is 0.465 e. The number of carbonyl (C=O) groups excluding carboxylic acids is 3. The van der Waals surface area contributed by atoms with Crippen LogP contribution in [0.5, 0.6) is 46.0 Å². The molecule has 7 heterocycles. The molecule has 12 bridgehead atoms. The average Bonchev–Trinajstić information content (AvgIpc) is 3.17. The van der Waals surface area contributed by atoms with Gasteiger partial charge in [0.15, 0.2) is 5.78 Å². The molecule has 0 N–H and O–H groups in total. The monoisotopic (exact) mass is 728 g/mol. The van der Waals surface area contributed by atoms with Crippen LogP contribution in [-0.4, -0.2) is 40.4 Å². The molecule has 0 atom stereocenters. The summed E-state index contributed by atoms with van der Waals surface area (Å²) in [6.07, 6.45) is 0. The average molecular weight is 729 g/mol. The van der Waals surface area contributed by atoms with Crippen molar-refractivity contribution in [2.24, 2.45) is 0 Å². The van der Waals surface area contributed by atoms with Crippen LogP contribution < -0.4 is 18.9 Å². The van der Waals surface area contributed by atoms with Crippen molar-refractivity contribution in [2.75, 3.05) is 14.2 Å². The molecule has 53 heavy (non-hydrogen) atoms. The molecule has 11 nitrogen and oxygen atoms in total. The summed E-state index contributed by atoms with van der Waals surface area (Å²) in [5.41, 5.74) is 1.11. The number of carbonyl (C=O) groups is 3. The molecule has 0 spiro atoms. The summed E-state index contributed by atoms with van der Waals surface area (Å²) in [6, 6.07) is 33.5. The fourth-order valence-electron chi connectivity index (χ4n) is 5.42. The van der Waals surface area contributed by atoms with Crippen LogP contribution in [0.2, 0.25) is 0 Å². The molecule has 264 valence electrons. The van der Waals surface area contributed by atoms with Gasteiger partial charge in [0.1, 0.15) is 46.0 Å². The minimum absolute atomic E-state index is 0.0153. The first-order valence-corrected chi connectivity index (χ1v) is 17.4. The minimum Gasteiger partial charge on any atom is -0.465 e. The number of hydrogen-bond donors (Lipinski definition) is 0. The molecule has 7 aliphatic heterocycles. The van der Waals surface area contributed by atoms with Crippen LogP contribution in [0.1, 0.15) is 36.6 Å². The second-order valence-corrected chi connectivity index (χ2v) is 13.6. The van der Waals surface area contributed by atoms with Crippen molar-refractivity contribution in [3.63, 3.8) is 0 Å². The highest BCUT2D eigenvalue weighted by molar-refractivity contribution is 7.91. The maximum Gasteiger partial charge on any atom is 0.338 e. The molecule has 0 radical (unpaired) electrons. The molecule has 0 fully saturated rings. The maximum absolute atomic E-state index is 13.5. The third kappa shape index (κ3) is 7.58. The Morgan fingerprint density at radius 2 is 0.717 bits per heavy atom. The standard InChI is InChI=1S/C41H28O11S/c1-47-40(43)27-19-33-23-35(21-27)51-31-11-15-37(16-12-31)53(45,46)38-17-13-32(14-18-38)52-36-22-28(41(44)48-2)20-34(24-36)50-30-9-5-26(6-10-30)39(42)25-3-7-29(49-33)8-4-25/h3-24H,1-2H3. The van der Waals surface area contributed by atoms with E-state index in [1.165, 1.54) is 87.0 Å². The Kier molecular flexibility index (Phi) is 9.36. The van der Waals surface area contributed by atoms with Crippen LogP contribution in [0.25, 0.3) is 0 Å². The molecule has 7 aliphatic rings. The highest BCUT2D eigenvalue weighted by Gasteiger charge is 2.20. The van der Waals surface area contributed by atoms with Crippen LogP contribution in [0.3, 0.4) is 0 Å². The van der Waals surface area contributed by atoms with Crippen molar-refractivity contribution < 1.29 is 51.2 Å². The number of esters is 2. The number of benzene rings is 6. The van der Waals surface area contributed by atoms with Crippen molar-refractivity contribution in [1.82, 2.24) is 0 Å². The maximum atomic E-state index is 13.5. The van der Waals surface area contributed by atoms with E-state index < -0.39 is 21.8 Å². The zero-order valence-electron chi connectivity index (χ0n) is 28.1. The molecule has 0 aliphatic carbocycles. The summed E-state index contributed by atoms with van der Waals surface area (Å²) in [6.45, 7) is 0. The van der Waals surface area contributed by atoms with Crippen molar-refractivity contribution in [1.29, 1.82) is 0 Å². The Balaban J connectivity index is 1.28. The van der Waals surface area contributed by atoms with Gasteiger partial charge in [-0.15, -0.1) is 0 Å². The SMILES string of the molecule is COC(=O)c1cc2cc(c1)Oc1ccc(cc1)S(=O)(=O)c1ccc(cc1)Oc1cc(cc(C(=O)OC)c1)Oc1ccc(cc1)C(=O)c1ccc(cc1)O2. The second-order valence-electron chi connectivity index (χ2n) is 11.6. The van der Waals surface area contributed by atoms with Gasteiger partial charge in [-0.3, -0.25) is 4.79 Å². The molecule has 0 unspecified atom stereocenters. The topological polar surface area (TPSA) is 141 Å². The molecule has 0 aromatic heterocycles. The Morgan fingerprint density at radius 3 is 1.00 bits per heavy atom. The van der Waals surface area contributed by atoms with Crippen molar-refractivity contribution in [3.8, 4) is 46.0 Å². The molecule has 12 heteroatoms. The Hall–Kier alpha value is -6.92. The van der Waals surface area contributed by atoms with Gasteiger partial charge in [-0.2, -0.15) is 0 Å². The summed E-state index contributed by atoms with van der Waals surface area (Å²) in [5.74, 6) is 0.816. The Bertz CT molecular complexity index is 2290. The molecule has 13 rings (SSSR count). The highest BCUT2D eigenvalue weighted by Crippen LogP contribution is 2.34. The molecule has 0 amide bonds. The summed E-state index contributed by atoms with van der Waals surface area (Å²) in [7, 11) is -1.44. The van der Waals surface area contributed by atoms with E-state index in [0.29, 0.717) is 34.1 Å². The van der Waals surface area contributed by atoms with Crippen molar-refractivity contribution in [3.05, 3.63) is 156 Å². The number of rotatable bonds is 2. The van der Waals surface area contributed by atoms with Gasteiger partial charge >= 0.3 is 11.9 Å². The predicted octanol–water partition coefficient (Wildman–Crippen LogP) is 8.81. The zero-order valence-corrected chi connectivity index (χ0v) is 28.9. The molecule has 6 aromatic rings. The van der Waals surface area contributed by atoms with Gasteiger partial charge < -0.3 is 28.4 Å². The fraction of sp³-hybridized carbons (Fsp3) is 0.0488. The Morgan fingerprint density at radius 1 is 0.434 bits per heavy atom. The van der Waals surface area contributed by atoms with E-state index in [2.05, 4.69) is 0 Å². The third-order valence-corrected chi connectivity index (χ3v) is 9.83. The third-order valence-electron chi connectivity index (χ3n) is 8.05. The molecule has 0 saturated carbocycles. The summed E-state index contributed by atoms with van der Waals surface area (Å²) in [5, 5.41) is 0. The number of methoxy groups -OCH3 is 2. The smallest absolute Gasteiger partial charge is 0.338 e. The lowest BCUT2D eigenvalue weighted by atomic mass is 10.0. The quantitative estimate of drug-likeness (QED) is 0.158. The van der Waals surface area contributed by atoms with E-state index in [1.54, 1.807) is 60.7 Å². The second kappa shape index (κ2) is 14.4. The van der Waals surface area contributed by atoms with Crippen LogP contribution >= 0.6 is 0 Å². The van der Waals surface area contributed by atoms with E-state index in [1.807, 2.05) is 0 Å². The zero-order chi connectivity index (χ0) is 37.1. The highest BCUT2D eigenvalue weighted by atomic mass is 32.2. The van der Waals surface area contributed by atoms with Gasteiger partial charge in [0.25, 0.3) is 0 Å². The van der Waals surface area contributed by atoms with Crippen LogP contribution in [-0.2, 0) is 19.3 Å². The van der Waals surface area contributed by atoms with Gasteiger partial charge in [0.05, 0.1) is 35.1 Å². The van der Waals surface area contributed by atoms with Gasteiger partial charge in [0, 0.05) is 23.3 Å². The van der Waals surface area contributed by atoms with E-state index in [4.69, 9.17) is 28.4 Å². The first-order chi connectivity index (χ1) is 25.6. The summed E-state index contributed by atoms with van der Waals surface area (Å²) >= 11 is 0. The van der Waals surface area contributed by atoms with Gasteiger partial charge in [-0.25, -0.2) is 18.0 Å². The van der Waals surface area contributed by atoms with Crippen molar-refractivity contribution >= 4 is 27.6 Å². The number of ketones is 1. The molecular formula is C41H28O11S. The summed E-state index contributed by atoms with van der Waals surface area (Å²) in [4.78, 5) is 38.3. The van der Waals surface area contributed by atoms with E-state index in [0.717, 1.165) is 0 Å². The normalized spacial score (nSPS) is 13.1. The lowest BCUT2D eigenvalue weighted by molar-refractivity contribution is 0.0591. The minimum atomic E-state index is -3.94. The molecule has 6 aromatic carbocycles. The first kappa shape index (κ1) is 34.5. The van der Waals surface area contributed by atoms with Crippen LogP contribution in [0.4, 0.5) is 0 Å². The number of sulfone groups is 1.